The summed E-state index contributed by atoms with van der Waals surface area (Å²) in [5.74, 6) is -2.23. The number of rotatable bonds is 4. The number of piperidine rings is 1. The highest BCUT2D eigenvalue weighted by Crippen LogP contribution is 2.35. The van der Waals surface area contributed by atoms with Gasteiger partial charge in [0.1, 0.15) is 5.75 Å². The maximum Gasteiger partial charge on any atom is 0.490 e. The zero-order valence-electron chi connectivity index (χ0n) is 22.0. The third kappa shape index (κ3) is 7.80. The van der Waals surface area contributed by atoms with E-state index in [1.165, 1.54) is 0 Å². The van der Waals surface area contributed by atoms with E-state index in [0.29, 0.717) is 21.4 Å². The van der Waals surface area contributed by atoms with E-state index in [0.717, 1.165) is 35.0 Å². The van der Waals surface area contributed by atoms with E-state index in [4.69, 9.17) is 37.8 Å². The minimum absolute atomic E-state index is 0.0390. The Morgan fingerprint density at radius 3 is 2.13 bits per heavy atom. The van der Waals surface area contributed by atoms with E-state index in [2.05, 4.69) is 43.3 Å². The van der Waals surface area contributed by atoms with Crippen molar-refractivity contribution in [2.45, 2.75) is 63.8 Å². The summed E-state index contributed by atoms with van der Waals surface area (Å²) in [7, 11) is 1.61. The van der Waals surface area contributed by atoms with Gasteiger partial charge in [-0.2, -0.15) is 13.2 Å². The number of hydrogen-bond acceptors (Lipinski definition) is 4. The number of hydrogen-bond donors (Lipinski definition) is 4. The van der Waals surface area contributed by atoms with Gasteiger partial charge >= 0.3 is 12.1 Å². The lowest BCUT2D eigenvalue weighted by molar-refractivity contribution is -0.192. The number of aromatic amines is 1. The summed E-state index contributed by atoms with van der Waals surface area (Å²) < 4.78 is 37.4. The van der Waals surface area contributed by atoms with Crippen molar-refractivity contribution in [3.8, 4) is 17.0 Å². The number of aliphatic carboxylic acids is 1. The summed E-state index contributed by atoms with van der Waals surface area (Å²) in [6, 6.07) is 11.2. The largest absolute Gasteiger partial charge is 0.496 e. The molecule has 0 spiro atoms. The highest BCUT2D eigenvalue weighted by Gasteiger charge is 2.39. The Morgan fingerprint density at radius 1 is 1.03 bits per heavy atom. The number of carbonyl (C=O) groups is 2. The molecule has 2 heterocycles. The summed E-state index contributed by atoms with van der Waals surface area (Å²) in [5.41, 5.74) is 3.10. The van der Waals surface area contributed by atoms with Crippen LogP contribution in [0.15, 0.2) is 36.4 Å². The Labute approximate surface area is 234 Å². The summed E-state index contributed by atoms with van der Waals surface area (Å²) in [5, 5.41) is 15.9. The molecule has 1 aliphatic rings. The molecule has 1 saturated heterocycles. The molecule has 212 valence electrons. The molecule has 0 aliphatic carbocycles. The number of methoxy groups -OCH3 is 1. The monoisotopic (exact) mass is 587 g/mol. The number of carboxylic acids is 1. The van der Waals surface area contributed by atoms with Crippen molar-refractivity contribution in [3.63, 3.8) is 0 Å². The van der Waals surface area contributed by atoms with Crippen LogP contribution in [0.25, 0.3) is 22.2 Å². The van der Waals surface area contributed by atoms with Crippen molar-refractivity contribution in [1.29, 1.82) is 0 Å². The molecule has 39 heavy (non-hydrogen) atoms. The molecule has 0 saturated carbocycles. The Balaban J connectivity index is 0.000000532. The van der Waals surface area contributed by atoms with Crippen LogP contribution in [0.2, 0.25) is 10.0 Å². The van der Waals surface area contributed by atoms with Gasteiger partial charge in [0.25, 0.3) is 5.91 Å². The molecule has 0 bridgehead atoms. The van der Waals surface area contributed by atoms with Crippen molar-refractivity contribution < 1.29 is 32.6 Å². The van der Waals surface area contributed by atoms with E-state index < -0.39 is 12.1 Å². The molecule has 1 aromatic heterocycles. The SMILES string of the molecule is COc1cc(C(=O)NC2CC(C)(C)NC(C)(C)C2)ccc1-c1cc2cc(Cl)c(Cl)cc2[nH]1.O=C(O)C(F)(F)F. The minimum atomic E-state index is -5.08. The van der Waals surface area contributed by atoms with Crippen LogP contribution in [0.5, 0.6) is 5.75 Å². The Bertz CT molecular complexity index is 1330. The normalized spacial score (nSPS) is 16.8. The maximum absolute atomic E-state index is 13.0. The van der Waals surface area contributed by atoms with E-state index >= 15 is 0 Å². The first-order valence-electron chi connectivity index (χ1n) is 12.0. The van der Waals surface area contributed by atoms with Gasteiger partial charge in [-0.05, 0) is 76.9 Å². The lowest BCUT2D eigenvalue weighted by atomic mass is 9.79. The topological polar surface area (TPSA) is 103 Å². The lowest BCUT2D eigenvalue weighted by Gasteiger charge is -2.46. The van der Waals surface area contributed by atoms with Crippen LogP contribution in [0.4, 0.5) is 13.2 Å². The number of benzene rings is 2. The zero-order chi connectivity index (χ0) is 29.3. The molecule has 0 unspecified atom stereocenters. The molecule has 7 nitrogen and oxygen atoms in total. The van der Waals surface area contributed by atoms with Crippen LogP contribution in [0, 0.1) is 0 Å². The first-order chi connectivity index (χ1) is 17.9. The van der Waals surface area contributed by atoms with Crippen LogP contribution in [0.1, 0.15) is 50.9 Å². The van der Waals surface area contributed by atoms with Gasteiger partial charge in [0.05, 0.1) is 22.8 Å². The highest BCUT2D eigenvalue weighted by atomic mass is 35.5. The second-order valence-corrected chi connectivity index (χ2v) is 11.5. The van der Waals surface area contributed by atoms with Crippen molar-refractivity contribution in [2.24, 2.45) is 0 Å². The zero-order valence-corrected chi connectivity index (χ0v) is 23.5. The predicted molar refractivity (Wildman–Crippen MR) is 146 cm³/mol. The number of H-pyrrole nitrogens is 1. The maximum atomic E-state index is 13.0. The van der Waals surface area contributed by atoms with E-state index in [-0.39, 0.29) is 23.0 Å². The highest BCUT2D eigenvalue weighted by molar-refractivity contribution is 6.42. The molecule has 0 atom stereocenters. The Kier molecular flexibility index (Phi) is 8.84. The fourth-order valence-electron chi connectivity index (χ4n) is 5.02. The predicted octanol–water partition coefficient (Wildman–Crippen LogP) is 6.82. The molecule has 0 radical (unpaired) electrons. The van der Waals surface area contributed by atoms with Gasteiger partial charge in [-0.15, -0.1) is 0 Å². The second-order valence-electron chi connectivity index (χ2n) is 10.7. The van der Waals surface area contributed by atoms with Gasteiger partial charge < -0.3 is 25.5 Å². The smallest absolute Gasteiger partial charge is 0.490 e. The first kappa shape index (κ1) is 30.6. The molecule has 3 aromatic rings. The first-order valence-corrected chi connectivity index (χ1v) is 12.7. The fraction of sp³-hybridized carbons (Fsp3) is 0.407. The van der Waals surface area contributed by atoms with Crippen molar-refractivity contribution in [2.75, 3.05) is 7.11 Å². The third-order valence-electron chi connectivity index (χ3n) is 6.18. The van der Waals surface area contributed by atoms with E-state index in [9.17, 15) is 18.0 Å². The summed E-state index contributed by atoms with van der Waals surface area (Å²) in [6.07, 6.45) is -3.34. The van der Waals surface area contributed by atoms with E-state index in [1.54, 1.807) is 19.2 Å². The third-order valence-corrected chi connectivity index (χ3v) is 6.91. The quantitative estimate of drug-likeness (QED) is 0.268. The van der Waals surface area contributed by atoms with Crippen molar-refractivity contribution in [1.82, 2.24) is 15.6 Å². The Morgan fingerprint density at radius 2 is 1.59 bits per heavy atom. The number of alkyl halides is 3. The molecule has 4 N–H and O–H groups in total. The molecule has 1 amide bonds. The van der Waals surface area contributed by atoms with Gasteiger partial charge in [0.15, 0.2) is 0 Å². The van der Waals surface area contributed by atoms with Gasteiger partial charge in [-0.3, -0.25) is 4.79 Å². The number of aromatic nitrogens is 1. The molecular weight excluding hydrogens is 558 g/mol. The molecule has 4 rings (SSSR count). The number of halogens is 5. The number of ether oxygens (including phenoxy) is 1. The molecule has 2 aromatic carbocycles. The number of amides is 1. The van der Waals surface area contributed by atoms with E-state index in [1.807, 2.05) is 24.3 Å². The molecular formula is C27H30Cl2F3N3O4. The summed E-state index contributed by atoms with van der Waals surface area (Å²) in [6.45, 7) is 8.69. The number of fused-ring (bicyclic) bond motifs is 1. The fourth-order valence-corrected chi connectivity index (χ4v) is 5.36. The molecule has 12 heteroatoms. The van der Waals surface area contributed by atoms with Gasteiger partial charge in [0.2, 0.25) is 0 Å². The van der Waals surface area contributed by atoms with Crippen molar-refractivity contribution in [3.05, 3.63) is 52.0 Å². The van der Waals surface area contributed by atoms with Crippen LogP contribution in [-0.4, -0.2) is 52.4 Å². The molecule has 1 fully saturated rings. The summed E-state index contributed by atoms with van der Waals surface area (Å²) >= 11 is 12.3. The second kappa shape index (κ2) is 11.3. The van der Waals surface area contributed by atoms with Crippen LogP contribution in [0.3, 0.4) is 0 Å². The number of nitrogens with one attached hydrogen (secondary N) is 3. The Hall–Kier alpha value is -2.95. The molecule has 1 aliphatic heterocycles. The van der Waals surface area contributed by atoms with Crippen molar-refractivity contribution >= 4 is 46.0 Å². The average Bonchev–Trinajstić information content (AvgIpc) is 3.18. The minimum Gasteiger partial charge on any atom is -0.496 e. The van der Waals surface area contributed by atoms with Gasteiger partial charge in [-0.1, -0.05) is 23.2 Å². The summed E-state index contributed by atoms with van der Waals surface area (Å²) in [4.78, 5) is 25.3. The standard InChI is InChI=1S/C25H29Cl2N3O2.C2HF3O2/c1-24(2)12-16(13-25(3,4)30-24)28-23(31)14-6-7-17(22(10-14)32-5)21-9-15-8-18(26)19(27)11-20(15)29-21;3-2(4,5)1(6)7/h6-11,16,29-30H,12-13H2,1-5H3,(H,28,31);(H,6,7). The average molecular weight is 588 g/mol. The lowest BCUT2D eigenvalue weighted by Crippen LogP contribution is -2.62. The van der Waals surface area contributed by atoms with Crippen LogP contribution < -0.4 is 15.4 Å². The van der Waals surface area contributed by atoms with Gasteiger partial charge in [0, 0.05) is 39.1 Å². The van der Waals surface area contributed by atoms with Crippen LogP contribution >= 0.6 is 23.2 Å². The number of carboxylic acid groups (broad SMARTS) is 1. The van der Waals surface area contributed by atoms with Crippen LogP contribution in [-0.2, 0) is 4.79 Å². The van der Waals surface area contributed by atoms with Gasteiger partial charge in [-0.25, -0.2) is 4.79 Å². The number of carbonyl (C=O) groups excluding carboxylic acids is 1.